The second-order valence-electron chi connectivity index (χ2n) is 6.51. The van der Waals surface area contributed by atoms with E-state index in [1.165, 1.54) is 37.1 Å². The van der Waals surface area contributed by atoms with Crippen molar-refractivity contribution in [3.8, 4) is 6.07 Å². The van der Waals surface area contributed by atoms with E-state index in [0.717, 1.165) is 24.3 Å². The number of hydrogen-bond acceptors (Lipinski definition) is 5. The largest absolute Gasteiger partial charge is 0.452 e. The molecule has 1 amide bonds. The second-order valence-corrected chi connectivity index (χ2v) is 6.51. The van der Waals surface area contributed by atoms with E-state index in [1.54, 1.807) is 0 Å². The molecule has 1 saturated heterocycles. The van der Waals surface area contributed by atoms with Crippen molar-refractivity contribution in [1.29, 1.82) is 5.26 Å². The van der Waals surface area contributed by atoms with Gasteiger partial charge in [0.05, 0.1) is 17.2 Å². The van der Waals surface area contributed by atoms with Crippen LogP contribution in [0, 0.1) is 18.3 Å². The fraction of sp³-hybridized carbons (Fsp3) is 0.286. The minimum Gasteiger partial charge on any atom is -0.452 e. The molecule has 1 fully saturated rings. The molecule has 138 valence electrons. The number of amides is 1. The second kappa shape index (κ2) is 8.37. The van der Waals surface area contributed by atoms with Crippen LogP contribution < -0.4 is 10.2 Å². The molecular formula is C21H21N3O3. The summed E-state index contributed by atoms with van der Waals surface area (Å²) in [7, 11) is 0. The lowest BCUT2D eigenvalue weighted by molar-refractivity contribution is -0.119. The minimum atomic E-state index is -0.601. The maximum absolute atomic E-state index is 12.1. The molecule has 0 unspecified atom stereocenters. The average molecular weight is 363 g/mol. The molecule has 0 aliphatic carbocycles. The first-order valence-corrected chi connectivity index (χ1v) is 8.89. The van der Waals surface area contributed by atoms with Crippen molar-refractivity contribution in [3.05, 3.63) is 59.2 Å². The Morgan fingerprint density at radius 1 is 1.15 bits per heavy atom. The van der Waals surface area contributed by atoms with Crippen molar-refractivity contribution < 1.29 is 14.3 Å². The van der Waals surface area contributed by atoms with Gasteiger partial charge >= 0.3 is 5.97 Å². The zero-order valence-electron chi connectivity index (χ0n) is 15.2. The summed E-state index contributed by atoms with van der Waals surface area (Å²) < 4.78 is 5.04. The molecule has 1 heterocycles. The van der Waals surface area contributed by atoms with Gasteiger partial charge in [-0.25, -0.2) is 4.79 Å². The summed E-state index contributed by atoms with van der Waals surface area (Å²) >= 11 is 0. The van der Waals surface area contributed by atoms with Gasteiger partial charge in [-0.1, -0.05) is 0 Å². The quantitative estimate of drug-likeness (QED) is 0.825. The van der Waals surface area contributed by atoms with Gasteiger partial charge in [-0.05, 0) is 67.8 Å². The van der Waals surface area contributed by atoms with Gasteiger partial charge in [0.25, 0.3) is 5.91 Å². The molecule has 27 heavy (non-hydrogen) atoms. The van der Waals surface area contributed by atoms with Gasteiger partial charge in [-0.3, -0.25) is 4.79 Å². The van der Waals surface area contributed by atoms with Crippen LogP contribution in [0.2, 0.25) is 0 Å². The third kappa shape index (κ3) is 4.64. The number of carbonyl (C=O) groups excluding carboxylic acids is 2. The molecule has 6 heteroatoms. The van der Waals surface area contributed by atoms with Gasteiger partial charge in [0.1, 0.15) is 0 Å². The smallest absolute Gasteiger partial charge is 0.338 e. The Morgan fingerprint density at radius 3 is 2.48 bits per heavy atom. The zero-order valence-corrected chi connectivity index (χ0v) is 15.2. The van der Waals surface area contributed by atoms with Crippen LogP contribution in [0.25, 0.3) is 0 Å². The summed E-state index contributed by atoms with van der Waals surface area (Å²) in [6.45, 7) is 3.71. The number of nitrogens with one attached hydrogen (secondary N) is 1. The van der Waals surface area contributed by atoms with E-state index in [4.69, 9.17) is 10.00 Å². The minimum absolute atomic E-state index is 0.299. The van der Waals surface area contributed by atoms with Crippen LogP contribution in [0.1, 0.15) is 34.3 Å². The van der Waals surface area contributed by atoms with Gasteiger partial charge < -0.3 is 15.0 Å². The summed E-state index contributed by atoms with van der Waals surface area (Å²) in [6, 6.07) is 14.0. The summed E-state index contributed by atoms with van der Waals surface area (Å²) in [4.78, 5) is 26.4. The number of aryl methyl sites for hydroxylation is 1. The number of ether oxygens (including phenoxy) is 1. The molecule has 1 N–H and O–H groups in total. The molecule has 0 bridgehead atoms. The highest BCUT2D eigenvalue weighted by Crippen LogP contribution is 2.25. The van der Waals surface area contributed by atoms with Crippen molar-refractivity contribution in [1.82, 2.24) is 0 Å². The Labute approximate surface area is 158 Å². The summed E-state index contributed by atoms with van der Waals surface area (Å²) in [5, 5.41) is 11.5. The summed E-state index contributed by atoms with van der Waals surface area (Å²) in [5.41, 5.74) is 3.59. The van der Waals surface area contributed by atoms with Crippen molar-refractivity contribution >= 4 is 23.3 Å². The van der Waals surface area contributed by atoms with Crippen LogP contribution in [0.4, 0.5) is 11.4 Å². The summed E-state index contributed by atoms with van der Waals surface area (Å²) in [6.07, 6.45) is 2.42. The number of carbonyl (C=O) groups is 2. The number of nitrogens with zero attached hydrogens (tertiary/aromatic N) is 2. The van der Waals surface area contributed by atoms with Gasteiger partial charge in [0.2, 0.25) is 0 Å². The van der Waals surface area contributed by atoms with E-state index in [-0.39, 0.29) is 6.61 Å². The molecule has 0 spiro atoms. The molecule has 0 aromatic heterocycles. The lowest BCUT2D eigenvalue weighted by atomic mass is 10.1. The Hall–Kier alpha value is -3.33. The Bertz CT molecular complexity index is 879. The molecular weight excluding hydrogens is 342 g/mol. The van der Waals surface area contributed by atoms with Gasteiger partial charge in [-0.15, -0.1) is 0 Å². The third-order valence-corrected chi connectivity index (χ3v) is 4.54. The average Bonchev–Trinajstić information content (AvgIpc) is 3.22. The topological polar surface area (TPSA) is 82.4 Å². The normalized spacial score (nSPS) is 13.1. The Morgan fingerprint density at radius 2 is 1.85 bits per heavy atom. The molecule has 2 aromatic carbocycles. The Kier molecular flexibility index (Phi) is 5.72. The first-order valence-electron chi connectivity index (χ1n) is 8.89. The van der Waals surface area contributed by atoms with Crippen LogP contribution in [-0.2, 0) is 9.53 Å². The molecule has 6 nitrogen and oxygen atoms in total. The fourth-order valence-corrected chi connectivity index (χ4v) is 3.04. The molecule has 0 saturated carbocycles. The molecule has 0 radical (unpaired) electrons. The van der Waals surface area contributed by atoms with Gasteiger partial charge in [-0.2, -0.15) is 5.26 Å². The maximum atomic E-state index is 12.1. The predicted molar refractivity (Wildman–Crippen MR) is 103 cm³/mol. The van der Waals surface area contributed by atoms with E-state index >= 15 is 0 Å². The number of anilines is 2. The highest BCUT2D eigenvalue weighted by molar-refractivity contribution is 5.96. The number of benzene rings is 2. The Balaban J connectivity index is 1.54. The van der Waals surface area contributed by atoms with Gasteiger partial charge in [0.15, 0.2) is 6.61 Å². The number of nitriles is 1. The fourth-order valence-electron chi connectivity index (χ4n) is 3.04. The van der Waals surface area contributed by atoms with E-state index in [0.29, 0.717) is 16.8 Å². The van der Waals surface area contributed by atoms with E-state index in [1.807, 2.05) is 25.1 Å². The van der Waals surface area contributed by atoms with E-state index in [9.17, 15) is 9.59 Å². The number of hydrogen-bond donors (Lipinski definition) is 1. The van der Waals surface area contributed by atoms with E-state index < -0.39 is 11.9 Å². The van der Waals surface area contributed by atoms with Crippen LogP contribution in [0.15, 0.2) is 42.5 Å². The number of rotatable bonds is 5. The lowest BCUT2D eigenvalue weighted by Crippen LogP contribution is -2.22. The lowest BCUT2D eigenvalue weighted by Gasteiger charge is -2.19. The molecule has 1 aliphatic rings. The maximum Gasteiger partial charge on any atom is 0.338 e. The first-order chi connectivity index (χ1) is 13.1. The number of esters is 1. The highest BCUT2D eigenvalue weighted by Gasteiger charge is 2.14. The van der Waals surface area contributed by atoms with Crippen molar-refractivity contribution in [3.63, 3.8) is 0 Å². The third-order valence-electron chi connectivity index (χ3n) is 4.54. The standard InChI is InChI=1S/C21H21N3O3/c1-15-12-18(24-10-2-3-11-24)8-9-19(15)23-20(25)14-27-21(26)17-6-4-16(13-22)5-7-17/h4-9,12H,2-3,10-11,14H2,1H3,(H,23,25). The van der Waals surface area contributed by atoms with Gasteiger partial charge in [0, 0.05) is 24.5 Å². The molecule has 2 aromatic rings. The highest BCUT2D eigenvalue weighted by atomic mass is 16.5. The van der Waals surface area contributed by atoms with E-state index in [2.05, 4.69) is 16.3 Å². The van der Waals surface area contributed by atoms with Crippen molar-refractivity contribution in [2.45, 2.75) is 19.8 Å². The van der Waals surface area contributed by atoms with Crippen molar-refractivity contribution in [2.24, 2.45) is 0 Å². The molecule has 0 atom stereocenters. The predicted octanol–water partition coefficient (Wildman–Crippen LogP) is 3.26. The summed E-state index contributed by atoms with van der Waals surface area (Å²) in [5.74, 6) is -0.996. The monoisotopic (exact) mass is 363 g/mol. The molecule has 3 rings (SSSR count). The van der Waals surface area contributed by atoms with Crippen molar-refractivity contribution in [2.75, 3.05) is 29.9 Å². The van der Waals surface area contributed by atoms with Crippen LogP contribution in [0.5, 0.6) is 0 Å². The SMILES string of the molecule is Cc1cc(N2CCCC2)ccc1NC(=O)COC(=O)c1ccc(C#N)cc1. The first kappa shape index (κ1) is 18.5. The van der Waals surface area contributed by atoms with Crippen LogP contribution in [0.3, 0.4) is 0 Å². The van der Waals surface area contributed by atoms with Crippen LogP contribution in [-0.4, -0.2) is 31.6 Å². The van der Waals surface area contributed by atoms with Crippen LogP contribution >= 0.6 is 0 Å². The zero-order chi connectivity index (χ0) is 19.2. The molecule has 1 aliphatic heterocycles.